The van der Waals surface area contributed by atoms with Gasteiger partial charge in [-0.25, -0.2) is 0 Å². The van der Waals surface area contributed by atoms with Crippen LogP contribution < -0.4 is 0 Å². The zero-order valence-electron chi connectivity index (χ0n) is 5.66. The van der Waals surface area contributed by atoms with Crippen molar-refractivity contribution in [1.82, 2.24) is 0 Å². The zero-order valence-corrected chi connectivity index (χ0v) is 9.83. The summed E-state index contributed by atoms with van der Waals surface area (Å²) in [5, 5.41) is 0. The maximum Gasteiger partial charge on any atom is 0.0697 e. The number of hydrogen-bond donors (Lipinski definition) is 0. The van der Waals surface area contributed by atoms with Crippen molar-refractivity contribution in [3.63, 3.8) is 0 Å². The number of halogens is 2. The van der Waals surface area contributed by atoms with Crippen LogP contribution in [0.25, 0.3) is 0 Å². The summed E-state index contributed by atoms with van der Waals surface area (Å²) in [4.78, 5) is 0. The van der Waals surface area contributed by atoms with Gasteiger partial charge in [0.05, 0.1) is 3.74 Å². The van der Waals surface area contributed by atoms with E-state index in [9.17, 15) is 0 Å². The maximum atomic E-state index is 3.42. The van der Waals surface area contributed by atoms with Gasteiger partial charge in [-0.2, -0.15) is 0 Å². The zero-order chi connectivity index (χ0) is 6.41. The molecule has 0 unspecified atom stereocenters. The lowest BCUT2D eigenvalue weighted by atomic mass is 10.2. The molecular formula is C6H12Br2Si. The van der Waals surface area contributed by atoms with Crippen LogP contribution in [-0.2, 0) is 0 Å². The van der Waals surface area contributed by atoms with Crippen LogP contribution in [0.5, 0.6) is 0 Å². The molecule has 0 spiro atoms. The van der Waals surface area contributed by atoms with Crippen LogP contribution in [0.15, 0.2) is 0 Å². The molecule has 0 aromatic carbocycles. The molecule has 0 aliphatic carbocycles. The highest BCUT2D eigenvalue weighted by Gasteiger charge is 1.94. The Kier molecular flexibility index (Phi) is 13.1. The van der Waals surface area contributed by atoms with Crippen LogP contribution >= 0.6 is 31.9 Å². The first-order valence-electron chi connectivity index (χ1n) is 3.05. The van der Waals surface area contributed by atoms with Gasteiger partial charge in [-0.05, 0) is 6.42 Å². The molecule has 0 aliphatic rings. The maximum absolute atomic E-state index is 3.42. The van der Waals surface area contributed by atoms with Gasteiger partial charge >= 0.3 is 0 Å². The largest absolute Gasteiger partial charge is 0.0765 e. The summed E-state index contributed by atoms with van der Waals surface area (Å²) < 4.78 is 0.529. The Morgan fingerprint density at radius 3 is 2.11 bits per heavy atom. The van der Waals surface area contributed by atoms with Gasteiger partial charge in [0.2, 0.25) is 0 Å². The van der Waals surface area contributed by atoms with E-state index in [1.54, 1.807) is 0 Å². The fourth-order valence-electron chi connectivity index (χ4n) is 0.549. The molecule has 0 N–H and O–H groups in total. The molecule has 0 saturated carbocycles. The summed E-state index contributed by atoms with van der Waals surface area (Å²) in [6.45, 7) is 2.22. The summed E-state index contributed by atoms with van der Waals surface area (Å²) >= 11 is 6.84. The van der Waals surface area contributed by atoms with Crippen molar-refractivity contribution in [2.45, 2.75) is 36.3 Å². The fourth-order valence-corrected chi connectivity index (χ4v) is 1.20. The van der Waals surface area contributed by atoms with Crippen molar-refractivity contribution < 1.29 is 0 Å². The molecule has 0 amide bonds. The lowest BCUT2D eigenvalue weighted by Crippen LogP contribution is -1.83. The first-order chi connectivity index (χ1) is 3.77. The molecular weight excluding hydrogens is 260 g/mol. The van der Waals surface area contributed by atoms with Gasteiger partial charge < -0.3 is 0 Å². The van der Waals surface area contributed by atoms with Gasteiger partial charge in [0.1, 0.15) is 0 Å². The minimum atomic E-state index is 0. The molecule has 9 heavy (non-hydrogen) atoms. The molecule has 0 bridgehead atoms. The van der Waals surface area contributed by atoms with E-state index in [0.29, 0.717) is 3.74 Å². The smallest absolute Gasteiger partial charge is 0.0697 e. The Morgan fingerprint density at radius 2 is 1.78 bits per heavy atom. The fraction of sp³-hybridized carbons (Fsp3) is 1.00. The highest BCUT2D eigenvalue weighted by molar-refractivity contribution is 9.24. The van der Waals surface area contributed by atoms with Gasteiger partial charge in [-0.3, -0.25) is 0 Å². The van der Waals surface area contributed by atoms with Crippen molar-refractivity contribution in [3.05, 3.63) is 0 Å². The highest BCUT2D eigenvalue weighted by Crippen LogP contribution is 2.15. The first-order valence-corrected chi connectivity index (χ1v) is 4.88. The number of rotatable bonds is 4. The van der Waals surface area contributed by atoms with Crippen molar-refractivity contribution in [3.8, 4) is 0 Å². The van der Waals surface area contributed by atoms with Crippen LogP contribution in [0.2, 0.25) is 0 Å². The van der Waals surface area contributed by atoms with Crippen LogP contribution in [0.1, 0.15) is 32.6 Å². The van der Waals surface area contributed by atoms with Crippen molar-refractivity contribution in [2.75, 3.05) is 0 Å². The molecule has 0 aliphatic heterocycles. The van der Waals surface area contributed by atoms with E-state index in [1.165, 1.54) is 25.7 Å². The van der Waals surface area contributed by atoms with E-state index in [4.69, 9.17) is 0 Å². The number of alkyl halides is 2. The second-order valence-corrected chi connectivity index (χ2v) is 5.33. The summed E-state index contributed by atoms with van der Waals surface area (Å²) in [7, 11) is 0. The summed E-state index contributed by atoms with van der Waals surface area (Å²) in [5.74, 6) is 0. The topological polar surface area (TPSA) is 0 Å². The predicted octanol–water partition coefficient (Wildman–Crippen LogP) is 3.30. The van der Waals surface area contributed by atoms with E-state index in [-0.39, 0.29) is 11.0 Å². The summed E-state index contributed by atoms with van der Waals surface area (Å²) in [6.07, 6.45) is 5.24. The van der Waals surface area contributed by atoms with Crippen LogP contribution in [0, 0.1) is 0 Å². The lowest BCUT2D eigenvalue weighted by molar-refractivity contribution is 0.701. The predicted molar refractivity (Wildman–Crippen MR) is 51.5 cm³/mol. The summed E-state index contributed by atoms with van der Waals surface area (Å²) in [5.41, 5.74) is 0. The van der Waals surface area contributed by atoms with Gasteiger partial charge in [-0.15, -0.1) is 0 Å². The Labute approximate surface area is 79.1 Å². The van der Waals surface area contributed by atoms with Gasteiger partial charge in [-0.1, -0.05) is 58.0 Å². The van der Waals surface area contributed by atoms with Crippen molar-refractivity contribution in [2.24, 2.45) is 0 Å². The quantitative estimate of drug-likeness (QED) is 0.418. The monoisotopic (exact) mass is 270 g/mol. The van der Waals surface area contributed by atoms with Crippen LogP contribution in [0.3, 0.4) is 0 Å². The second-order valence-electron chi connectivity index (χ2n) is 1.89. The Morgan fingerprint density at radius 1 is 1.22 bits per heavy atom. The third-order valence-electron chi connectivity index (χ3n) is 1.03. The molecule has 0 saturated heterocycles. The number of unbranched alkanes of at least 4 members (excludes halogenated alkanes) is 2. The molecule has 0 fully saturated rings. The van der Waals surface area contributed by atoms with Crippen molar-refractivity contribution >= 4 is 42.8 Å². The molecule has 0 aromatic rings. The third-order valence-corrected chi connectivity index (χ3v) is 1.94. The molecule has 0 atom stereocenters. The second kappa shape index (κ2) is 9.18. The van der Waals surface area contributed by atoms with Gasteiger partial charge in [0, 0.05) is 11.0 Å². The standard InChI is InChI=1S/C6H12Br2.Si/c1-2-3-4-5-6(7)8;/h6H,2-5H2,1H3;. The minimum Gasteiger partial charge on any atom is -0.0765 e. The van der Waals surface area contributed by atoms with E-state index in [1.807, 2.05) is 0 Å². The van der Waals surface area contributed by atoms with Crippen LogP contribution in [0.4, 0.5) is 0 Å². The molecule has 54 valence electrons. The summed E-state index contributed by atoms with van der Waals surface area (Å²) in [6, 6.07) is 0. The first kappa shape index (κ1) is 12.8. The molecule has 0 rings (SSSR count). The minimum absolute atomic E-state index is 0. The van der Waals surface area contributed by atoms with E-state index >= 15 is 0 Å². The SMILES string of the molecule is CCCCCC(Br)Br.[Si]. The molecule has 4 radical (unpaired) electrons. The van der Waals surface area contributed by atoms with Gasteiger partial charge in [0.15, 0.2) is 0 Å². The Bertz CT molecular complexity index is 48.3. The highest BCUT2D eigenvalue weighted by atomic mass is 79.9. The molecule has 3 heteroatoms. The van der Waals surface area contributed by atoms with Crippen LogP contribution in [-0.4, -0.2) is 14.7 Å². The normalized spacial score (nSPS) is 9.33. The van der Waals surface area contributed by atoms with Crippen molar-refractivity contribution in [1.29, 1.82) is 0 Å². The number of hydrogen-bond acceptors (Lipinski definition) is 0. The Balaban J connectivity index is 0. The molecule has 0 aromatic heterocycles. The van der Waals surface area contributed by atoms with E-state index < -0.39 is 0 Å². The third kappa shape index (κ3) is 12.4. The average Bonchev–Trinajstić information content (AvgIpc) is 1.66. The Hall–Kier alpha value is 1.18. The molecule has 0 heterocycles. The molecule has 0 nitrogen and oxygen atoms in total. The average molecular weight is 272 g/mol. The van der Waals surface area contributed by atoms with Gasteiger partial charge in [0.25, 0.3) is 0 Å². The van der Waals surface area contributed by atoms with E-state index in [0.717, 1.165) is 0 Å². The lowest BCUT2D eigenvalue weighted by Gasteiger charge is -1.97. The van der Waals surface area contributed by atoms with E-state index in [2.05, 4.69) is 38.8 Å².